The third kappa shape index (κ3) is 4.06. The predicted molar refractivity (Wildman–Crippen MR) is 66.6 cm³/mol. The molecule has 0 radical (unpaired) electrons. The van der Waals surface area contributed by atoms with Gasteiger partial charge in [0.2, 0.25) is 0 Å². The molecule has 0 aliphatic rings. The van der Waals surface area contributed by atoms with Crippen molar-refractivity contribution in [2.75, 3.05) is 12.3 Å². The first-order valence-corrected chi connectivity index (χ1v) is 5.51. The number of nitrogens with two attached hydrogens (primary N) is 2. The third-order valence-corrected chi connectivity index (χ3v) is 2.50. The van der Waals surface area contributed by atoms with Crippen molar-refractivity contribution in [2.45, 2.75) is 0 Å². The molecule has 0 unspecified atom stereocenters. The van der Waals surface area contributed by atoms with Crippen LogP contribution in [-0.4, -0.2) is 24.5 Å². The van der Waals surface area contributed by atoms with Gasteiger partial charge in [0.1, 0.15) is 0 Å². The maximum Gasteiger partial charge on any atom is 0.339 e. The Morgan fingerprint density at radius 2 is 2.00 bits per heavy atom. The lowest BCUT2D eigenvalue weighted by Gasteiger charge is -2.06. The van der Waals surface area contributed by atoms with Gasteiger partial charge in [-0.25, -0.2) is 9.59 Å². The van der Waals surface area contributed by atoms with Gasteiger partial charge in [-0.2, -0.15) is 0 Å². The second kappa shape index (κ2) is 6.01. The van der Waals surface area contributed by atoms with Crippen LogP contribution in [-0.2, 0) is 9.53 Å². The highest BCUT2D eigenvalue weighted by Gasteiger charge is 2.14. The van der Waals surface area contributed by atoms with Crippen LogP contribution in [0.4, 0.5) is 10.5 Å². The Labute approximate surface area is 111 Å². The van der Waals surface area contributed by atoms with Crippen molar-refractivity contribution in [1.82, 2.24) is 5.32 Å². The van der Waals surface area contributed by atoms with Crippen molar-refractivity contribution in [3.63, 3.8) is 0 Å². The van der Waals surface area contributed by atoms with Gasteiger partial charge in [0.05, 0.1) is 5.56 Å². The molecule has 0 spiro atoms. The summed E-state index contributed by atoms with van der Waals surface area (Å²) in [5.74, 6) is -1.55. The first kappa shape index (κ1) is 14.0. The number of hydrogen-bond acceptors (Lipinski definition) is 5. The van der Waals surface area contributed by atoms with Crippen LogP contribution in [0.5, 0.6) is 0 Å². The molecule has 0 atom stereocenters. The van der Waals surface area contributed by atoms with Crippen LogP contribution >= 0.6 is 15.9 Å². The van der Waals surface area contributed by atoms with E-state index in [0.29, 0.717) is 10.2 Å². The summed E-state index contributed by atoms with van der Waals surface area (Å²) in [5.41, 5.74) is 10.8. The Morgan fingerprint density at radius 1 is 1.33 bits per heavy atom. The highest BCUT2D eigenvalue weighted by Crippen LogP contribution is 2.20. The van der Waals surface area contributed by atoms with E-state index in [1.165, 1.54) is 6.07 Å². The Hall–Kier alpha value is -2.09. The number of benzene rings is 1. The lowest BCUT2D eigenvalue weighted by molar-refractivity contribution is -0.123. The normalized spacial score (nSPS) is 9.61. The van der Waals surface area contributed by atoms with Crippen molar-refractivity contribution in [3.8, 4) is 0 Å². The number of primary amides is 1. The molecule has 3 amide bonds. The molecular formula is C10H10BrN3O4. The molecule has 1 rings (SSSR count). The number of nitrogens with one attached hydrogen (secondary N) is 1. The minimum Gasteiger partial charge on any atom is -0.452 e. The molecule has 18 heavy (non-hydrogen) atoms. The van der Waals surface area contributed by atoms with Gasteiger partial charge in [0, 0.05) is 10.2 Å². The topological polar surface area (TPSA) is 125 Å². The first-order valence-electron chi connectivity index (χ1n) is 4.71. The first-order chi connectivity index (χ1) is 8.40. The number of hydrogen-bond donors (Lipinski definition) is 3. The third-order valence-electron chi connectivity index (χ3n) is 1.81. The zero-order valence-corrected chi connectivity index (χ0v) is 10.7. The highest BCUT2D eigenvalue weighted by atomic mass is 79.9. The van der Waals surface area contributed by atoms with Gasteiger partial charge in [-0.3, -0.25) is 10.1 Å². The molecule has 5 N–H and O–H groups in total. The van der Waals surface area contributed by atoms with Gasteiger partial charge in [0.25, 0.3) is 5.91 Å². The lowest BCUT2D eigenvalue weighted by Crippen LogP contribution is -2.37. The van der Waals surface area contributed by atoms with Crippen LogP contribution in [0, 0.1) is 0 Å². The Kier molecular flexibility index (Phi) is 4.67. The molecule has 96 valence electrons. The minimum atomic E-state index is -1.01. The van der Waals surface area contributed by atoms with E-state index in [0.717, 1.165) is 0 Å². The van der Waals surface area contributed by atoms with Crippen molar-refractivity contribution >= 4 is 39.5 Å². The molecule has 0 bridgehead atoms. The van der Waals surface area contributed by atoms with Crippen molar-refractivity contribution in [1.29, 1.82) is 0 Å². The van der Waals surface area contributed by atoms with Gasteiger partial charge >= 0.3 is 12.0 Å². The molecule has 0 aromatic heterocycles. The van der Waals surface area contributed by atoms with E-state index in [-0.39, 0.29) is 5.56 Å². The highest BCUT2D eigenvalue weighted by molar-refractivity contribution is 9.10. The number of esters is 1. The summed E-state index contributed by atoms with van der Waals surface area (Å²) in [7, 11) is 0. The van der Waals surface area contributed by atoms with Gasteiger partial charge in [-0.15, -0.1) is 0 Å². The molecule has 0 fully saturated rings. The van der Waals surface area contributed by atoms with E-state index >= 15 is 0 Å². The van der Waals surface area contributed by atoms with Gasteiger partial charge < -0.3 is 16.2 Å². The SMILES string of the molecule is NC(=O)NC(=O)COC(=O)c1cc(N)ccc1Br. The van der Waals surface area contributed by atoms with Crippen LogP contribution < -0.4 is 16.8 Å². The van der Waals surface area contributed by atoms with E-state index < -0.39 is 24.5 Å². The fourth-order valence-corrected chi connectivity index (χ4v) is 1.49. The molecule has 1 aromatic rings. The van der Waals surface area contributed by atoms with E-state index in [2.05, 4.69) is 20.7 Å². The number of ether oxygens (including phenoxy) is 1. The number of imide groups is 1. The quantitative estimate of drug-likeness (QED) is 0.549. The monoisotopic (exact) mass is 315 g/mol. The maximum atomic E-state index is 11.6. The average Bonchev–Trinajstić information content (AvgIpc) is 2.28. The van der Waals surface area contributed by atoms with Crippen LogP contribution in [0.1, 0.15) is 10.4 Å². The number of carbonyl (C=O) groups excluding carboxylic acids is 3. The van der Waals surface area contributed by atoms with E-state index in [4.69, 9.17) is 11.5 Å². The second-order valence-electron chi connectivity index (χ2n) is 3.23. The van der Waals surface area contributed by atoms with Crippen LogP contribution in [0.2, 0.25) is 0 Å². The molecule has 0 saturated carbocycles. The summed E-state index contributed by atoms with van der Waals surface area (Å²) in [6.45, 7) is -0.608. The summed E-state index contributed by atoms with van der Waals surface area (Å²) in [4.78, 5) is 33.0. The van der Waals surface area contributed by atoms with E-state index in [1.807, 2.05) is 0 Å². The van der Waals surface area contributed by atoms with E-state index in [9.17, 15) is 14.4 Å². The zero-order chi connectivity index (χ0) is 13.7. The van der Waals surface area contributed by atoms with Crippen molar-refractivity contribution in [2.24, 2.45) is 5.73 Å². The Morgan fingerprint density at radius 3 is 2.61 bits per heavy atom. The predicted octanol–water partition coefficient (Wildman–Crippen LogP) is 0.383. The minimum absolute atomic E-state index is 0.182. The number of rotatable bonds is 3. The lowest BCUT2D eigenvalue weighted by atomic mass is 10.2. The summed E-state index contributed by atoms with van der Waals surface area (Å²) in [5, 5.41) is 1.76. The van der Waals surface area contributed by atoms with Crippen molar-refractivity contribution in [3.05, 3.63) is 28.2 Å². The number of carbonyl (C=O) groups is 3. The Balaban J connectivity index is 2.63. The number of urea groups is 1. The molecule has 7 nitrogen and oxygen atoms in total. The fraction of sp³-hybridized carbons (Fsp3) is 0.100. The zero-order valence-electron chi connectivity index (χ0n) is 9.10. The number of anilines is 1. The summed E-state index contributed by atoms with van der Waals surface area (Å²) in [6, 6.07) is 3.57. The fourth-order valence-electron chi connectivity index (χ4n) is 1.08. The van der Waals surface area contributed by atoms with Gasteiger partial charge in [-0.1, -0.05) is 0 Å². The van der Waals surface area contributed by atoms with Crippen molar-refractivity contribution < 1.29 is 19.1 Å². The average molecular weight is 316 g/mol. The number of halogens is 1. The summed E-state index contributed by atoms with van der Waals surface area (Å²) < 4.78 is 5.17. The maximum absolute atomic E-state index is 11.6. The van der Waals surface area contributed by atoms with Gasteiger partial charge in [0.15, 0.2) is 6.61 Å². The van der Waals surface area contributed by atoms with Gasteiger partial charge in [-0.05, 0) is 34.1 Å². The molecule has 1 aromatic carbocycles. The molecule has 0 aliphatic heterocycles. The second-order valence-corrected chi connectivity index (χ2v) is 4.08. The molecular weight excluding hydrogens is 306 g/mol. The molecule has 0 heterocycles. The van der Waals surface area contributed by atoms with Crippen LogP contribution in [0.3, 0.4) is 0 Å². The molecule has 8 heteroatoms. The number of amides is 3. The smallest absolute Gasteiger partial charge is 0.339 e. The largest absolute Gasteiger partial charge is 0.452 e. The van der Waals surface area contributed by atoms with Crippen LogP contribution in [0.15, 0.2) is 22.7 Å². The molecule has 0 aliphatic carbocycles. The molecule has 0 saturated heterocycles. The van der Waals surface area contributed by atoms with Crippen LogP contribution in [0.25, 0.3) is 0 Å². The van der Waals surface area contributed by atoms with E-state index in [1.54, 1.807) is 17.4 Å². The standard InChI is InChI=1S/C10H10BrN3O4/c11-7-2-1-5(12)3-6(7)9(16)18-4-8(15)14-10(13)17/h1-3H,4,12H2,(H3,13,14,15,17). The Bertz CT molecular complexity index is 504. The summed E-state index contributed by atoms with van der Waals surface area (Å²) >= 11 is 3.15. The summed E-state index contributed by atoms with van der Waals surface area (Å²) in [6.07, 6.45) is 0. The number of nitrogen functional groups attached to an aromatic ring is 1.